The molecule has 0 bridgehead atoms. The van der Waals surface area contributed by atoms with Crippen LogP contribution in [0.5, 0.6) is 0 Å². The molecule has 55 heavy (non-hydrogen) atoms. The molecular weight excluding hydrogens is 717 g/mol. The first-order valence-corrected chi connectivity index (χ1v) is 20.8. The summed E-state index contributed by atoms with van der Waals surface area (Å²) in [6.45, 7) is 14.3. The number of carbonyl (C=O) groups excluding carboxylic acids is 4. The monoisotopic (exact) mass is 784 g/mol. The van der Waals surface area contributed by atoms with E-state index in [1.165, 1.54) is 11.3 Å². The minimum absolute atomic E-state index is 0.00751. The van der Waals surface area contributed by atoms with Crippen LogP contribution in [0.4, 0.5) is 0 Å². The minimum atomic E-state index is -0.751. The Morgan fingerprint density at radius 1 is 0.945 bits per heavy atom. The lowest BCUT2D eigenvalue weighted by Crippen LogP contribution is -2.59. The van der Waals surface area contributed by atoms with Gasteiger partial charge in [0, 0.05) is 39.4 Å². The number of methoxy groups -OCH3 is 2. The lowest BCUT2D eigenvalue weighted by atomic mass is 9.89. The fourth-order valence-corrected chi connectivity index (χ4v) is 8.86. The van der Waals surface area contributed by atoms with Crippen LogP contribution >= 0.6 is 11.3 Å². The summed E-state index contributed by atoms with van der Waals surface area (Å²) < 4.78 is 12.1. The number of hydrogen-bond acceptors (Lipinski definition) is 9. The summed E-state index contributed by atoms with van der Waals surface area (Å²) in [6.07, 6.45) is 3.49. The number of likely N-dealkylation sites (tertiary alicyclic amines) is 1. The van der Waals surface area contributed by atoms with Crippen LogP contribution in [0, 0.1) is 23.7 Å². The van der Waals surface area contributed by atoms with E-state index in [2.05, 4.69) is 29.5 Å². The Balaban J connectivity index is 1.79. The Labute approximate surface area is 334 Å². The molecule has 2 aromatic rings. The predicted octanol–water partition coefficient (Wildman–Crippen LogP) is 5.19. The van der Waals surface area contributed by atoms with E-state index >= 15 is 0 Å². The van der Waals surface area contributed by atoms with Gasteiger partial charge in [0.05, 0.1) is 48.7 Å². The molecule has 0 saturated carbocycles. The average molecular weight is 785 g/mol. The van der Waals surface area contributed by atoms with Crippen molar-refractivity contribution in [1.82, 2.24) is 30.3 Å². The number of likely N-dealkylation sites (N-methyl/N-ethyl adjacent to an activating group) is 2. The summed E-state index contributed by atoms with van der Waals surface area (Å²) in [4.78, 5) is 65.8. The van der Waals surface area contributed by atoms with Gasteiger partial charge in [0.15, 0.2) is 0 Å². The molecule has 1 aliphatic heterocycles. The molecule has 2 unspecified atom stereocenters. The van der Waals surface area contributed by atoms with Crippen molar-refractivity contribution in [2.45, 2.75) is 123 Å². The second-order valence-electron chi connectivity index (χ2n) is 16.1. The van der Waals surface area contributed by atoms with Crippen LogP contribution in [0.2, 0.25) is 0 Å². The molecule has 3 rings (SSSR count). The number of ether oxygens (including phenoxy) is 2. The molecule has 9 atom stereocenters. The standard InChI is InChI=1S/C42H68N6O6S/c1-13-28(6)37(47(10)42(52)35(26(2)3)45-40(51)36(27(4)5)46(8)9)33(53-11)25-34(49)48-22-17-20-32(48)38(54-12)29(7)39(50)44-31(41-43-21-23-55-41)24-30-18-15-14-16-19-30/h14-16,18-19,21,23,26-29,31-33,35-38H,13,17,20,22,24-25H2,1-12H3,(H,44,50)(H,45,51)/t28-,29+,31?,32-,33+,35?,36-,37-,38+/m0/s1. The zero-order valence-corrected chi connectivity index (χ0v) is 36.1. The van der Waals surface area contributed by atoms with Gasteiger partial charge >= 0.3 is 0 Å². The van der Waals surface area contributed by atoms with Gasteiger partial charge in [-0.2, -0.15) is 0 Å². The Kier molecular flexibility index (Phi) is 18.2. The molecule has 0 aliphatic carbocycles. The molecule has 2 N–H and O–H groups in total. The van der Waals surface area contributed by atoms with Gasteiger partial charge in [-0.25, -0.2) is 4.98 Å². The fraction of sp³-hybridized carbons (Fsp3) is 0.690. The molecule has 1 saturated heterocycles. The number of hydrogen-bond donors (Lipinski definition) is 2. The van der Waals surface area contributed by atoms with Gasteiger partial charge in [0.1, 0.15) is 11.0 Å². The normalized spacial score (nSPS) is 19.0. The quantitative estimate of drug-likeness (QED) is 0.177. The van der Waals surface area contributed by atoms with E-state index in [4.69, 9.17) is 9.47 Å². The topological polar surface area (TPSA) is 133 Å². The van der Waals surface area contributed by atoms with Crippen molar-refractivity contribution in [3.8, 4) is 0 Å². The maximum Gasteiger partial charge on any atom is 0.245 e. The highest BCUT2D eigenvalue weighted by molar-refractivity contribution is 7.09. The average Bonchev–Trinajstić information content (AvgIpc) is 3.87. The van der Waals surface area contributed by atoms with E-state index in [0.29, 0.717) is 19.4 Å². The maximum absolute atomic E-state index is 14.3. The van der Waals surface area contributed by atoms with E-state index in [-0.39, 0.29) is 65.9 Å². The van der Waals surface area contributed by atoms with E-state index < -0.39 is 30.2 Å². The van der Waals surface area contributed by atoms with Crippen LogP contribution in [0.3, 0.4) is 0 Å². The summed E-state index contributed by atoms with van der Waals surface area (Å²) in [7, 11) is 8.66. The summed E-state index contributed by atoms with van der Waals surface area (Å²) >= 11 is 1.51. The van der Waals surface area contributed by atoms with E-state index in [9.17, 15) is 19.2 Å². The third kappa shape index (κ3) is 12.1. The summed E-state index contributed by atoms with van der Waals surface area (Å²) in [5.41, 5.74) is 1.09. The van der Waals surface area contributed by atoms with Gasteiger partial charge in [-0.05, 0) is 56.7 Å². The third-order valence-electron chi connectivity index (χ3n) is 11.3. The first-order chi connectivity index (χ1) is 26.1. The Morgan fingerprint density at radius 3 is 2.15 bits per heavy atom. The van der Waals surface area contributed by atoms with Gasteiger partial charge in [-0.15, -0.1) is 11.3 Å². The lowest BCUT2D eigenvalue weighted by Gasteiger charge is -2.41. The molecule has 1 aromatic heterocycles. The molecule has 0 radical (unpaired) electrons. The molecule has 1 aliphatic rings. The first kappa shape index (κ1) is 46.0. The van der Waals surface area contributed by atoms with Crippen molar-refractivity contribution < 1.29 is 28.7 Å². The SMILES string of the molecule is CC[C@H](C)[C@@H]([C@@H](CC(=O)N1CCC[C@H]1[C@H](OC)[C@@H](C)C(=O)NC(Cc1ccccc1)c1nccs1)OC)N(C)C(=O)C(NC(=O)[C@H](C(C)C)N(C)C)C(C)C. The van der Waals surface area contributed by atoms with Crippen LogP contribution in [-0.2, 0) is 35.1 Å². The highest BCUT2D eigenvalue weighted by atomic mass is 32.1. The van der Waals surface area contributed by atoms with E-state index in [0.717, 1.165) is 23.4 Å². The zero-order valence-electron chi connectivity index (χ0n) is 35.3. The number of aromatic nitrogens is 1. The Morgan fingerprint density at radius 2 is 1.62 bits per heavy atom. The third-order valence-corrected chi connectivity index (χ3v) is 12.2. The number of nitrogens with zero attached hydrogens (tertiary/aromatic N) is 4. The molecule has 13 heteroatoms. The molecule has 1 fully saturated rings. The van der Waals surface area contributed by atoms with Crippen molar-refractivity contribution >= 4 is 35.0 Å². The van der Waals surface area contributed by atoms with E-state index in [1.54, 1.807) is 32.4 Å². The minimum Gasteiger partial charge on any atom is -0.379 e. The number of thiazole rings is 1. The number of carbonyl (C=O) groups is 4. The van der Waals surface area contributed by atoms with Crippen LogP contribution in [0.15, 0.2) is 41.9 Å². The number of amides is 4. The van der Waals surface area contributed by atoms with Gasteiger partial charge in [0.2, 0.25) is 23.6 Å². The van der Waals surface area contributed by atoms with Crippen molar-refractivity contribution in [1.29, 1.82) is 0 Å². The lowest BCUT2D eigenvalue weighted by molar-refractivity contribution is -0.148. The van der Waals surface area contributed by atoms with Crippen molar-refractivity contribution in [2.75, 3.05) is 41.9 Å². The van der Waals surface area contributed by atoms with E-state index in [1.807, 2.05) is 94.2 Å². The Bertz CT molecular complexity index is 1480. The molecule has 4 amide bonds. The zero-order chi connectivity index (χ0) is 41.0. The highest BCUT2D eigenvalue weighted by Gasteiger charge is 2.43. The number of rotatable bonds is 21. The fourth-order valence-electron chi connectivity index (χ4n) is 8.17. The van der Waals surface area contributed by atoms with Crippen LogP contribution in [-0.4, -0.2) is 122 Å². The second kappa shape index (κ2) is 21.8. The second-order valence-corrected chi connectivity index (χ2v) is 17.0. The Hall–Kier alpha value is -3.39. The van der Waals surface area contributed by atoms with Gasteiger partial charge in [-0.3, -0.25) is 24.1 Å². The van der Waals surface area contributed by atoms with Gasteiger partial charge in [0.25, 0.3) is 0 Å². The summed E-state index contributed by atoms with van der Waals surface area (Å²) in [6, 6.07) is 7.83. The molecule has 308 valence electrons. The van der Waals surface area contributed by atoms with Crippen LogP contribution < -0.4 is 10.6 Å². The number of benzene rings is 1. The largest absolute Gasteiger partial charge is 0.379 e. The first-order valence-electron chi connectivity index (χ1n) is 19.9. The smallest absolute Gasteiger partial charge is 0.245 e. The highest BCUT2D eigenvalue weighted by Crippen LogP contribution is 2.30. The van der Waals surface area contributed by atoms with Crippen molar-refractivity contribution in [2.24, 2.45) is 23.7 Å². The maximum atomic E-state index is 14.3. The molecule has 2 heterocycles. The van der Waals surface area contributed by atoms with Gasteiger partial charge < -0.3 is 29.9 Å². The van der Waals surface area contributed by atoms with Crippen LogP contribution in [0.25, 0.3) is 0 Å². The molecule has 1 aromatic carbocycles. The van der Waals surface area contributed by atoms with Crippen molar-refractivity contribution in [3.05, 3.63) is 52.5 Å². The number of nitrogens with one attached hydrogen (secondary N) is 2. The molecule has 0 spiro atoms. The van der Waals surface area contributed by atoms with Gasteiger partial charge in [-0.1, -0.05) is 85.2 Å². The summed E-state index contributed by atoms with van der Waals surface area (Å²) in [5.74, 6) is -1.35. The molecule has 12 nitrogen and oxygen atoms in total. The molecular formula is C42H68N6O6S. The predicted molar refractivity (Wildman–Crippen MR) is 218 cm³/mol. The van der Waals surface area contributed by atoms with Crippen LogP contribution in [0.1, 0.15) is 90.8 Å². The van der Waals surface area contributed by atoms with Crippen molar-refractivity contribution in [3.63, 3.8) is 0 Å². The summed E-state index contributed by atoms with van der Waals surface area (Å²) in [5, 5.41) is 9.02.